The van der Waals surface area contributed by atoms with E-state index in [-0.39, 0.29) is 5.91 Å². The molecule has 1 fully saturated rings. The van der Waals surface area contributed by atoms with E-state index < -0.39 is 0 Å². The van der Waals surface area contributed by atoms with Crippen LogP contribution in [0, 0.1) is 0 Å². The summed E-state index contributed by atoms with van der Waals surface area (Å²) in [6.45, 7) is 1.67. The van der Waals surface area contributed by atoms with Gasteiger partial charge < -0.3 is 14.6 Å². The summed E-state index contributed by atoms with van der Waals surface area (Å²) in [7, 11) is 0. The number of carbonyl (C=O) groups is 1. The van der Waals surface area contributed by atoms with Gasteiger partial charge >= 0.3 is 0 Å². The molecule has 1 saturated heterocycles. The Morgan fingerprint density at radius 1 is 1.22 bits per heavy atom. The van der Waals surface area contributed by atoms with Crippen molar-refractivity contribution in [2.24, 2.45) is 0 Å². The van der Waals surface area contributed by atoms with Gasteiger partial charge in [-0.25, -0.2) is 0 Å². The quantitative estimate of drug-likeness (QED) is 0.779. The molecule has 1 aliphatic heterocycles. The molecule has 118 valence electrons. The van der Waals surface area contributed by atoms with E-state index in [0.717, 1.165) is 42.0 Å². The van der Waals surface area contributed by atoms with Gasteiger partial charge in [-0.05, 0) is 48.6 Å². The van der Waals surface area contributed by atoms with Crippen LogP contribution in [0.1, 0.15) is 28.6 Å². The second-order valence-corrected chi connectivity index (χ2v) is 6.72. The number of anilines is 1. The van der Waals surface area contributed by atoms with Gasteiger partial charge in [0, 0.05) is 42.0 Å². The third-order valence-electron chi connectivity index (χ3n) is 4.31. The maximum Gasteiger partial charge on any atom is 0.265 e. The second-order valence-electron chi connectivity index (χ2n) is 5.77. The lowest BCUT2D eigenvalue weighted by molar-refractivity contribution is 0.0707. The lowest BCUT2D eigenvalue weighted by Crippen LogP contribution is -2.18. The third kappa shape index (κ3) is 2.90. The Balaban J connectivity index is 1.58. The molecular weight excluding hydrogens is 308 g/mol. The highest BCUT2D eigenvalue weighted by atomic mass is 32.1. The summed E-state index contributed by atoms with van der Waals surface area (Å²) in [6.07, 6.45) is 4.26. The molecule has 0 atom stereocenters. The van der Waals surface area contributed by atoms with Gasteiger partial charge in [0.25, 0.3) is 5.91 Å². The summed E-state index contributed by atoms with van der Waals surface area (Å²) in [5.41, 5.74) is 2.05. The molecule has 0 bridgehead atoms. The number of thiophene rings is 1. The molecule has 0 aliphatic carbocycles. The van der Waals surface area contributed by atoms with Gasteiger partial charge in [-0.3, -0.25) is 4.79 Å². The molecule has 0 saturated carbocycles. The van der Waals surface area contributed by atoms with Crippen LogP contribution in [0.3, 0.4) is 0 Å². The van der Waals surface area contributed by atoms with Crippen molar-refractivity contribution in [3.63, 3.8) is 0 Å². The number of amides is 1. The largest absolute Gasteiger partial charge is 0.381 e. The number of nitrogens with one attached hydrogen (secondary N) is 1. The molecule has 3 heterocycles. The molecule has 4 nitrogen and oxygen atoms in total. The van der Waals surface area contributed by atoms with Crippen LogP contribution in [0.2, 0.25) is 0 Å². The summed E-state index contributed by atoms with van der Waals surface area (Å²) < 4.78 is 7.78. The Labute approximate surface area is 138 Å². The number of rotatable bonds is 3. The van der Waals surface area contributed by atoms with Crippen molar-refractivity contribution in [2.75, 3.05) is 18.5 Å². The Morgan fingerprint density at radius 3 is 2.87 bits per heavy atom. The minimum absolute atomic E-state index is 0.0526. The van der Waals surface area contributed by atoms with E-state index in [0.29, 0.717) is 6.04 Å². The molecule has 4 rings (SSSR count). The Morgan fingerprint density at radius 2 is 2.09 bits per heavy atom. The normalized spacial score (nSPS) is 15.8. The van der Waals surface area contributed by atoms with Gasteiger partial charge in [0.1, 0.15) is 0 Å². The average molecular weight is 326 g/mol. The summed E-state index contributed by atoms with van der Waals surface area (Å²) in [6, 6.07) is 12.4. The van der Waals surface area contributed by atoms with Crippen LogP contribution in [0.25, 0.3) is 10.9 Å². The smallest absolute Gasteiger partial charge is 0.265 e. The Bertz CT molecular complexity index is 817. The topological polar surface area (TPSA) is 43.3 Å². The highest BCUT2D eigenvalue weighted by Gasteiger charge is 2.17. The first-order valence-electron chi connectivity index (χ1n) is 7.84. The van der Waals surface area contributed by atoms with Crippen molar-refractivity contribution in [2.45, 2.75) is 18.9 Å². The monoisotopic (exact) mass is 326 g/mol. The van der Waals surface area contributed by atoms with Crippen LogP contribution in [0.4, 0.5) is 5.69 Å². The number of ether oxygens (including phenoxy) is 1. The molecule has 0 radical (unpaired) electrons. The highest BCUT2D eigenvalue weighted by Crippen LogP contribution is 2.28. The van der Waals surface area contributed by atoms with E-state index in [4.69, 9.17) is 4.74 Å². The van der Waals surface area contributed by atoms with E-state index in [9.17, 15) is 4.79 Å². The molecule has 1 N–H and O–H groups in total. The molecule has 1 aromatic carbocycles. The zero-order chi connectivity index (χ0) is 15.6. The van der Waals surface area contributed by atoms with Crippen molar-refractivity contribution in [1.29, 1.82) is 0 Å². The number of aromatic nitrogens is 1. The van der Waals surface area contributed by atoms with Crippen LogP contribution < -0.4 is 5.32 Å². The molecular formula is C18H18N2O2S. The predicted molar refractivity (Wildman–Crippen MR) is 93.3 cm³/mol. The van der Waals surface area contributed by atoms with Crippen LogP contribution in [0.15, 0.2) is 48.0 Å². The summed E-state index contributed by atoms with van der Waals surface area (Å²) in [5, 5.41) is 6.03. The lowest BCUT2D eigenvalue weighted by atomic mass is 10.1. The first kappa shape index (κ1) is 14.5. The van der Waals surface area contributed by atoms with Gasteiger partial charge in [-0.2, -0.15) is 0 Å². The fraction of sp³-hybridized carbons (Fsp3) is 0.278. The van der Waals surface area contributed by atoms with Crippen molar-refractivity contribution in [3.8, 4) is 0 Å². The van der Waals surface area contributed by atoms with Crippen molar-refractivity contribution >= 4 is 33.8 Å². The van der Waals surface area contributed by atoms with E-state index in [1.54, 1.807) is 0 Å². The maximum absolute atomic E-state index is 12.1. The molecule has 0 spiro atoms. The van der Waals surface area contributed by atoms with Crippen molar-refractivity contribution < 1.29 is 9.53 Å². The van der Waals surface area contributed by atoms with Crippen molar-refractivity contribution in [3.05, 3.63) is 52.9 Å². The first-order chi connectivity index (χ1) is 11.3. The van der Waals surface area contributed by atoms with Gasteiger partial charge in [0.05, 0.1) is 4.88 Å². The number of hydrogen-bond donors (Lipinski definition) is 1. The van der Waals surface area contributed by atoms with Crippen LogP contribution in [-0.2, 0) is 4.74 Å². The van der Waals surface area contributed by atoms with Crippen LogP contribution in [-0.4, -0.2) is 23.7 Å². The van der Waals surface area contributed by atoms with E-state index in [2.05, 4.69) is 28.2 Å². The lowest BCUT2D eigenvalue weighted by Gasteiger charge is -2.24. The van der Waals surface area contributed by atoms with Gasteiger partial charge in [0.2, 0.25) is 0 Å². The van der Waals surface area contributed by atoms with Gasteiger partial charge in [-0.15, -0.1) is 11.3 Å². The molecule has 3 aromatic rings. The minimum Gasteiger partial charge on any atom is -0.381 e. The second kappa shape index (κ2) is 6.18. The van der Waals surface area contributed by atoms with E-state index in [1.165, 1.54) is 16.9 Å². The Hall–Kier alpha value is -2.11. The molecule has 0 unspecified atom stereocenters. The Kier molecular flexibility index (Phi) is 3.89. The highest BCUT2D eigenvalue weighted by molar-refractivity contribution is 7.12. The molecule has 23 heavy (non-hydrogen) atoms. The SMILES string of the molecule is O=C(Nc1ccc2c(ccn2C2CCOCC2)c1)c1cccs1. The van der Waals surface area contributed by atoms with Crippen LogP contribution in [0.5, 0.6) is 0 Å². The summed E-state index contributed by atoms with van der Waals surface area (Å²) in [5.74, 6) is -0.0526. The number of carbonyl (C=O) groups excluding carboxylic acids is 1. The summed E-state index contributed by atoms with van der Waals surface area (Å²) >= 11 is 1.45. The van der Waals surface area contributed by atoms with Crippen LogP contribution >= 0.6 is 11.3 Å². The molecule has 1 amide bonds. The zero-order valence-corrected chi connectivity index (χ0v) is 13.5. The number of benzene rings is 1. The zero-order valence-electron chi connectivity index (χ0n) is 12.7. The number of nitrogens with zero attached hydrogens (tertiary/aromatic N) is 1. The van der Waals surface area contributed by atoms with E-state index >= 15 is 0 Å². The first-order valence-corrected chi connectivity index (χ1v) is 8.72. The predicted octanol–water partition coefficient (Wildman–Crippen LogP) is 4.31. The van der Waals surface area contributed by atoms with Gasteiger partial charge in [-0.1, -0.05) is 6.07 Å². The molecule has 1 aliphatic rings. The third-order valence-corrected chi connectivity index (χ3v) is 5.18. The molecule has 2 aromatic heterocycles. The molecule has 5 heteroatoms. The standard InChI is InChI=1S/C18H18N2O2S/c21-18(17-2-1-11-23-17)19-14-3-4-16-13(12-14)5-8-20(16)15-6-9-22-10-7-15/h1-5,8,11-12,15H,6-7,9-10H2,(H,19,21). The van der Waals surface area contributed by atoms with Gasteiger partial charge in [0.15, 0.2) is 0 Å². The van der Waals surface area contributed by atoms with Crippen molar-refractivity contribution in [1.82, 2.24) is 4.57 Å². The fourth-order valence-electron chi connectivity index (χ4n) is 3.12. The average Bonchev–Trinajstić information content (AvgIpc) is 3.25. The number of hydrogen-bond acceptors (Lipinski definition) is 3. The number of fused-ring (bicyclic) bond motifs is 1. The summed E-state index contributed by atoms with van der Waals surface area (Å²) in [4.78, 5) is 12.9. The fourth-order valence-corrected chi connectivity index (χ4v) is 3.74. The van der Waals surface area contributed by atoms with E-state index in [1.807, 2.05) is 29.6 Å². The minimum atomic E-state index is -0.0526. The maximum atomic E-state index is 12.1.